The quantitative estimate of drug-likeness (QED) is 0.673. The molecule has 0 radical (unpaired) electrons. The van der Waals surface area contributed by atoms with E-state index in [2.05, 4.69) is 5.32 Å². The summed E-state index contributed by atoms with van der Waals surface area (Å²) in [7, 11) is 5.44. The molecule has 2 aliphatic heterocycles. The van der Waals surface area contributed by atoms with Gasteiger partial charge in [-0.3, -0.25) is 19.3 Å². The van der Waals surface area contributed by atoms with Crippen molar-refractivity contribution in [3.63, 3.8) is 0 Å². The van der Waals surface area contributed by atoms with E-state index >= 15 is 0 Å². The molecule has 3 amide bonds. The van der Waals surface area contributed by atoms with E-state index in [0.717, 1.165) is 0 Å². The molecule has 0 bridgehead atoms. The van der Waals surface area contributed by atoms with Gasteiger partial charge >= 0.3 is 0 Å². The van der Waals surface area contributed by atoms with Crippen molar-refractivity contribution in [1.82, 2.24) is 20.0 Å². The normalized spacial score (nSPS) is 20.0. The molecule has 188 valence electrons. The topological polar surface area (TPSA) is 91.4 Å². The molecule has 1 spiro atoms. The molecule has 1 aromatic rings. The lowest BCUT2D eigenvalue weighted by atomic mass is 9.91. The van der Waals surface area contributed by atoms with Crippen LogP contribution in [0.3, 0.4) is 0 Å². The van der Waals surface area contributed by atoms with E-state index < -0.39 is 17.2 Å². The number of methoxy groups -OCH3 is 1. The summed E-state index contributed by atoms with van der Waals surface area (Å²) in [4.78, 5) is 45.1. The average molecular weight is 475 g/mol. The van der Waals surface area contributed by atoms with Crippen molar-refractivity contribution in [1.29, 1.82) is 0 Å². The Labute approximate surface area is 202 Å². The van der Waals surface area contributed by atoms with E-state index in [1.54, 1.807) is 36.3 Å². The van der Waals surface area contributed by atoms with Gasteiger partial charge in [0.15, 0.2) is 0 Å². The Balaban J connectivity index is 1.84. The summed E-state index contributed by atoms with van der Waals surface area (Å²) < 4.78 is 11.4. The molecule has 9 heteroatoms. The van der Waals surface area contributed by atoms with Crippen LogP contribution in [0.1, 0.15) is 44.0 Å². The number of benzene rings is 1. The highest BCUT2D eigenvalue weighted by molar-refractivity contribution is 5.98. The number of amides is 3. The SMILES string of the molecule is COc1ccc(C(=O)N2C(C(=O)NCCN(C)C)COC23CCN(C(=O)C(C)(C)C)CC3)cc1. The van der Waals surface area contributed by atoms with Gasteiger partial charge in [-0.25, -0.2) is 0 Å². The van der Waals surface area contributed by atoms with E-state index in [9.17, 15) is 14.4 Å². The second kappa shape index (κ2) is 10.3. The molecule has 0 saturated carbocycles. The lowest BCUT2D eigenvalue weighted by Crippen LogP contribution is -2.60. The van der Waals surface area contributed by atoms with Crippen LogP contribution >= 0.6 is 0 Å². The number of carbonyl (C=O) groups excluding carboxylic acids is 3. The number of hydrogen-bond donors (Lipinski definition) is 1. The van der Waals surface area contributed by atoms with Crippen molar-refractivity contribution in [2.45, 2.75) is 45.4 Å². The van der Waals surface area contributed by atoms with Gasteiger partial charge in [0.25, 0.3) is 5.91 Å². The van der Waals surface area contributed by atoms with Gasteiger partial charge in [0, 0.05) is 50.0 Å². The first-order valence-electron chi connectivity index (χ1n) is 11.8. The van der Waals surface area contributed by atoms with Crippen molar-refractivity contribution in [3.8, 4) is 5.75 Å². The third kappa shape index (κ3) is 5.52. The third-order valence-electron chi connectivity index (χ3n) is 6.45. The largest absolute Gasteiger partial charge is 0.497 e. The highest BCUT2D eigenvalue weighted by Gasteiger charge is 2.54. The van der Waals surface area contributed by atoms with Gasteiger partial charge in [-0.1, -0.05) is 20.8 Å². The lowest BCUT2D eigenvalue weighted by molar-refractivity contribution is -0.150. The highest BCUT2D eigenvalue weighted by Crippen LogP contribution is 2.39. The summed E-state index contributed by atoms with van der Waals surface area (Å²) in [5.74, 6) is 0.236. The van der Waals surface area contributed by atoms with Crippen molar-refractivity contribution >= 4 is 17.7 Å². The zero-order chi connectivity index (χ0) is 25.1. The molecule has 1 aromatic carbocycles. The molecule has 2 fully saturated rings. The predicted molar refractivity (Wildman–Crippen MR) is 128 cm³/mol. The van der Waals surface area contributed by atoms with Crippen LogP contribution in [0.25, 0.3) is 0 Å². The predicted octanol–water partition coefficient (Wildman–Crippen LogP) is 1.58. The van der Waals surface area contributed by atoms with Gasteiger partial charge in [0.05, 0.1) is 13.7 Å². The molecule has 1 unspecified atom stereocenters. The first-order valence-corrected chi connectivity index (χ1v) is 11.8. The van der Waals surface area contributed by atoms with Gasteiger partial charge in [-0.05, 0) is 38.4 Å². The van der Waals surface area contributed by atoms with Crippen molar-refractivity contribution in [2.24, 2.45) is 5.41 Å². The maximum absolute atomic E-state index is 13.7. The van der Waals surface area contributed by atoms with E-state index in [1.807, 2.05) is 44.7 Å². The Hall–Kier alpha value is -2.65. The summed E-state index contributed by atoms with van der Waals surface area (Å²) >= 11 is 0. The van der Waals surface area contributed by atoms with Gasteiger partial charge in [-0.2, -0.15) is 0 Å². The standard InChI is InChI=1S/C25H38N4O5/c1-24(2,3)23(32)28-14-11-25(12-15-28)29(22(31)18-7-9-19(33-6)10-8-18)20(17-34-25)21(30)26-13-16-27(4)5/h7-10,20H,11-17H2,1-6H3,(H,26,30). The number of likely N-dealkylation sites (N-methyl/N-ethyl adjacent to an activating group) is 1. The van der Waals surface area contributed by atoms with Crippen molar-refractivity contribution in [2.75, 3.05) is 54.0 Å². The summed E-state index contributed by atoms with van der Waals surface area (Å²) in [6.07, 6.45) is 0.913. The molecule has 2 saturated heterocycles. The number of likely N-dealkylation sites (tertiary alicyclic amines) is 1. The minimum Gasteiger partial charge on any atom is -0.497 e. The maximum Gasteiger partial charge on any atom is 0.256 e. The molecule has 2 aliphatic rings. The second-order valence-electron chi connectivity index (χ2n) is 10.3. The zero-order valence-electron chi connectivity index (χ0n) is 21.2. The number of ether oxygens (including phenoxy) is 2. The van der Waals surface area contributed by atoms with E-state index in [4.69, 9.17) is 9.47 Å². The van der Waals surface area contributed by atoms with Crippen LogP contribution in [-0.2, 0) is 14.3 Å². The van der Waals surface area contributed by atoms with Gasteiger partial charge < -0.3 is 24.6 Å². The number of rotatable bonds is 6. The first-order chi connectivity index (χ1) is 16.0. The average Bonchev–Trinajstić information content (AvgIpc) is 3.16. The molecule has 1 atom stereocenters. The number of carbonyl (C=O) groups is 3. The molecule has 1 N–H and O–H groups in total. The summed E-state index contributed by atoms with van der Waals surface area (Å²) in [6, 6.07) is 6.13. The fourth-order valence-electron chi connectivity index (χ4n) is 4.49. The smallest absolute Gasteiger partial charge is 0.256 e. The molecule has 0 aliphatic carbocycles. The van der Waals surface area contributed by atoms with Crippen LogP contribution < -0.4 is 10.1 Å². The van der Waals surface area contributed by atoms with E-state index in [1.165, 1.54) is 0 Å². The van der Waals surface area contributed by atoms with Crippen LogP contribution in [0.2, 0.25) is 0 Å². The molecule has 34 heavy (non-hydrogen) atoms. The Morgan fingerprint density at radius 2 is 1.76 bits per heavy atom. The maximum atomic E-state index is 13.7. The lowest BCUT2D eigenvalue weighted by Gasteiger charge is -2.45. The van der Waals surface area contributed by atoms with Crippen molar-refractivity contribution in [3.05, 3.63) is 29.8 Å². The van der Waals surface area contributed by atoms with Gasteiger partial charge in [-0.15, -0.1) is 0 Å². The Bertz CT molecular complexity index is 886. The van der Waals surface area contributed by atoms with Crippen LogP contribution in [0.15, 0.2) is 24.3 Å². The Morgan fingerprint density at radius 3 is 2.29 bits per heavy atom. The summed E-state index contributed by atoms with van der Waals surface area (Å²) in [5, 5.41) is 2.94. The molecular formula is C25H38N4O5. The van der Waals surface area contributed by atoms with E-state index in [-0.39, 0.29) is 24.3 Å². The number of nitrogens with zero attached hydrogens (tertiary/aromatic N) is 3. The second-order valence-corrected chi connectivity index (χ2v) is 10.3. The molecule has 3 rings (SSSR count). The number of hydrogen-bond acceptors (Lipinski definition) is 6. The summed E-state index contributed by atoms with van der Waals surface area (Å²) in [6.45, 7) is 7.95. The summed E-state index contributed by atoms with van der Waals surface area (Å²) in [5.41, 5.74) is -0.936. The fourth-order valence-corrected chi connectivity index (χ4v) is 4.49. The Morgan fingerprint density at radius 1 is 1.15 bits per heavy atom. The number of nitrogens with one attached hydrogen (secondary N) is 1. The zero-order valence-corrected chi connectivity index (χ0v) is 21.2. The highest BCUT2D eigenvalue weighted by atomic mass is 16.5. The minimum absolute atomic E-state index is 0.0753. The van der Waals surface area contributed by atoms with Crippen LogP contribution in [0.5, 0.6) is 5.75 Å². The molecule has 9 nitrogen and oxygen atoms in total. The number of piperidine rings is 1. The fraction of sp³-hybridized carbons (Fsp3) is 0.640. The minimum atomic E-state index is -0.921. The Kier molecular flexibility index (Phi) is 7.88. The van der Waals surface area contributed by atoms with E-state index in [0.29, 0.717) is 50.3 Å². The molecule has 0 aromatic heterocycles. The molecule has 2 heterocycles. The van der Waals surface area contributed by atoms with Crippen LogP contribution in [-0.4, -0.2) is 98.2 Å². The molecular weight excluding hydrogens is 436 g/mol. The first kappa shape index (κ1) is 26.0. The van der Waals surface area contributed by atoms with Crippen LogP contribution in [0.4, 0.5) is 0 Å². The monoisotopic (exact) mass is 474 g/mol. The third-order valence-corrected chi connectivity index (χ3v) is 6.45. The van der Waals surface area contributed by atoms with Crippen LogP contribution in [0, 0.1) is 5.41 Å². The van der Waals surface area contributed by atoms with Gasteiger partial charge in [0.2, 0.25) is 11.8 Å². The van der Waals surface area contributed by atoms with Gasteiger partial charge in [0.1, 0.15) is 17.5 Å². The van der Waals surface area contributed by atoms with Crippen molar-refractivity contribution < 1.29 is 23.9 Å².